The van der Waals surface area contributed by atoms with Crippen molar-refractivity contribution in [2.24, 2.45) is 0 Å². The minimum absolute atomic E-state index is 0.166. The summed E-state index contributed by atoms with van der Waals surface area (Å²) < 4.78 is 43.7. The van der Waals surface area contributed by atoms with E-state index in [4.69, 9.17) is 4.74 Å². The van der Waals surface area contributed by atoms with Gasteiger partial charge in [0.25, 0.3) is 0 Å². The molecule has 2 aromatic carbocycles. The Balaban J connectivity index is 1.89. The van der Waals surface area contributed by atoms with E-state index in [1.54, 1.807) is 19.2 Å². The summed E-state index contributed by atoms with van der Waals surface area (Å²) in [6, 6.07) is 11.6. The molecule has 0 aliphatic heterocycles. The Labute approximate surface area is 148 Å². The minimum Gasteiger partial charge on any atom is -0.497 e. The Morgan fingerprint density at radius 3 is 2.27 bits per heavy atom. The van der Waals surface area contributed by atoms with Crippen molar-refractivity contribution in [3.05, 3.63) is 59.7 Å². The first-order valence-corrected chi connectivity index (χ1v) is 7.69. The zero-order valence-electron chi connectivity index (χ0n) is 13.9. The Morgan fingerprint density at radius 1 is 1.00 bits per heavy atom. The molecule has 0 spiro atoms. The zero-order valence-corrected chi connectivity index (χ0v) is 13.9. The van der Waals surface area contributed by atoms with E-state index in [0.717, 1.165) is 17.7 Å². The Kier molecular flexibility index (Phi) is 6.21. The maximum Gasteiger partial charge on any atom is 0.418 e. The highest BCUT2D eigenvalue weighted by Crippen LogP contribution is 2.34. The van der Waals surface area contributed by atoms with Gasteiger partial charge in [-0.2, -0.15) is 13.2 Å². The first-order chi connectivity index (χ1) is 12.3. The van der Waals surface area contributed by atoms with Crippen molar-refractivity contribution in [1.82, 2.24) is 5.32 Å². The second-order valence-electron chi connectivity index (χ2n) is 5.35. The molecule has 5 nitrogen and oxygen atoms in total. The molecule has 8 heteroatoms. The summed E-state index contributed by atoms with van der Waals surface area (Å²) in [6.45, 7) is 0.166. The molecule has 0 radical (unpaired) electrons. The molecule has 2 aromatic rings. The van der Waals surface area contributed by atoms with Gasteiger partial charge in [0.05, 0.1) is 18.4 Å². The summed E-state index contributed by atoms with van der Waals surface area (Å²) in [5.41, 5.74) is -0.566. The van der Waals surface area contributed by atoms with E-state index >= 15 is 0 Å². The maximum absolute atomic E-state index is 12.9. The zero-order chi connectivity index (χ0) is 19.2. The molecule has 0 atom stereocenters. The fourth-order valence-electron chi connectivity index (χ4n) is 2.21. The molecule has 138 valence electrons. The van der Waals surface area contributed by atoms with Gasteiger partial charge in [-0.3, -0.25) is 9.59 Å². The van der Waals surface area contributed by atoms with E-state index in [9.17, 15) is 22.8 Å². The molecule has 0 aliphatic rings. The van der Waals surface area contributed by atoms with Crippen LogP contribution in [0, 0.1) is 0 Å². The van der Waals surface area contributed by atoms with E-state index in [0.29, 0.717) is 12.2 Å². The Bertz CT molecular complexity index is 774. The molecule has 2 rings (SSSR count). The highest BCUT2D eigenvalue weighted by Gasteiger charge is 2.33. The number of amides is 2. The van der Waals surface area contributed by atoms with Crippen LogP contribution in [-0.4, -0.2) is 25.5 Å². The molecule has 0 aliphatic carbocycles. The number of nitrogens with one attached hydrogen (secondary N) is 2. The van der Waals surface area contributed by atoms with Crippen LogP contribution >= 0.6 is 0 Å². The van der Waals surface area contributed by atoms with Gasteiger partial charge in [-0.25, -0.2) is 0 Å². The largest absolute Gasteiger partial charge is 0.497 e. The molecule has 2 amide bonds. The van der Waals surface area contributed by atoms with Crippen molar-refractivity contribution < 1.29 is 27.5 Å². The van der Waals surface area contributed by atoms with Gasteiger partial charge in [-0.05, 0) is 36.2 Å². The second-order valence-corrected chi connectivity index (χ2v) is 5.35. The van der Waals surface area contributed by atoms with Crippen LogP contribution in [0.25, 0.3) is 0 Å². The summed E-state index contributed by atoms with van der Waals surface area (Å²) in [5.74, 6) is -1.47. The van der Waals surface area contributed by atoms with E-state index < -0.39 is 29.2 Å². The maximum atomic E-state index is 12.9. The molecule has 2 N–H and O–H groups in total. The van der Waals surface area contributed by atoms with Crippen molar-refractivity contribution >= 4 is 17.5 Å². The van der Waals surface area contributed by atoms with Gasteiger partial charge in [0.15, 0.2) is 0 Å². The molecule has 0 unspecified atom stereocenters. The predicted octanol–water partition coefficient (Wildman–Crippen LogP) is 3.01. The first kappa shape index (κ1) is 19.3. The minimum atomic E-state index is -4.63. The third-order valence-electron chi connectivity index (χ3n) is 3.55. The molecule has 0 saturated heterocycles. The summed E-state index contributed by atoms with van der Waals surface area (Å²) in [4.78, 5) is 23.6. The molecule has 0 aromatic heterocycles. The van der Waals surface area contributed by atoms with Crippen molar-refractivity contribution in [2.75, 3.05) is 19.0 Å². The molecule has 0 bridgehead atoms. The van der Waals surface area contributed by atoms with E-state index in [1.165, 1.54) is 12.1 Å². The number of alkyl halides is 3. The number of para-hydroxylation sites is 1. The van der Waals surface area contributed by atoms with Crippen LogP contribution in [0.5, 0.6) is 5.75 Å². The highest BCUT2D eigenvalue weighted by molar-refractivity contribution is 6.39. The van der Waals surface area contributed by atoms with Gasteiger partial charge in [-0.1, -0.05) is 24.3 Å². The number of ether oxygens (including phenoxy) is 1. The van der Waals surface area contributed by atoms with E-state index in [2.05, 4.69) is 5.32 Å². The number of carbonyl (C=O) groups is 2. The molecule has 0 fully saturated rings. The van der Waals surface area contributed by atoms with Gasteiger partial charge in [0, 0.05) is 6.54 Å². The van der Waals surface area contributed by atoms with Gasteiger partial charge >= 0.3 is 18.0 Å². The number of carbonyl (C=O) groups excluding carboxylic acids is 2. The van der Waals surface area contributed by atoms with Crippen LogP contribution in [0.15, 0.2) is 48.5 Å². The smallest absolute Gasteiger partial charge is 0.418 e. The van der Waals surface area contributed by atoms with E-state index in [-0.39, 0.29) is 6.54 Å². The lowest BCUT2D eigenvalue weighted by Gasteiger charge is -2.13. The van der Waals surface area contributed by atoms with Gasteiger partial charge in [0.2, 0.25) is 0 Å². The number of methoxy groups -OCH3 is 1. The number of halogens is 3. The lowest BCUT2D eigenvalue weighted by molar-refractivity contribution is -0.138. The molecular formula is C18H17F3N2O3. The summed E-state index contributed by atoms with van der Waals surface area (Å²) in [7, 11) is 1.55. The number of rotatable bonds is 5. The first-order valence-electron chi connectivity index (χ1n) is 7.69. The fraction of sp³-hybridized carbons (Fsp3) is 0.222. The monoisotopic (exact) mass is 366 g/mol. The Morgan fingerprint density at radius 2 is 1.65 bits per heavy atom. The molecule has 0 heterocycles. The lowest BCUT2D eigenvalue weighted by atomic mass is 10.1. The quantitative estimate of drug-likeness (QED) is 0.800. The van der Waals surface area contributed by atoms with Crippen LogP contribution in [0.4, 0.5) is 18.9 Å². The summed E-state index contributed by atoms with van der Waals surface area (Å²) >= 11 is 0. The van der Waals surface area contributed by atoms with E-state index in [1.807, 2.05) is 17.4 Å². The topological polar surface area (TPSA) is 67.4 Å². The third kappa shape index (κ3) is 5.23. The SMILES string of the molecule is COc1ccc(CCNC(=O)C(=O)Nc2ccccc2C(F)(F)F)cc1. The number of hydrogen-bond donors (Lipinski definition) is 2. The standard InChI is InChI=1S/C18H17F3N2O3/c1-26-13-8-6-12(7-9-13)10-11-22-16(24)17(25)23-15-5-3-2-4-14(15)18(19,20)21/h2-9H,10-11H2,1H3,(H,22,24)(H,23,25). The van der Waals surface area contributed by atoms with Gasteiger partial charge in [0.1, 0.15) is 5.75 Å². The van der Waals surface area contributed by atoms with Crippen LogP contribution in [0.3, 0.4) is 0 Å². The second kappa shape index (κ2) is 8.37. The van der Waals surface area contributed by atoms with Crippen LogP contribution in [0.1, 0.15) is 11.1 Å². The predicted molar refractivity (Wildman–Crippen MR) is 89.8 cm³/mol. The van der Waals surface area contributed by atoms with Gasteiger partial charge in [-0.15, -0.1) is 0 Å². The van der Waals surface area contributed by atoms with Crippen LogP contribution in [-0.2, 0) is 22.2 Å². The summed E-state index contributed by atoms with van der Waals surface area (Å²) in [6.07, 6.45) is -4.17. The van der Waals surface area contributed by atoms with Crippen LogP contribution < -0.4 is 15.4 Å². The van der Waals surface area contributed by atoms with Crippen LogP contribution in [0.2, 0.25) is 0 Å². The average Bonchev–Trinajstić information content (AvgIpc) is 2.61. The number of hydrogen-bond acceptors (Lipinski definition) is 3. The number of benzene rings is 2. The number of anilines is 1. The lowest BCUT2D eigenvalue weighted by Crippen LogP contribution is -2.36. The fourth-order valence-corrected chi connectivity index (χ4v) is 2.21. The van der Waals surface area contributed by atoms with Crippen molar-refractivity contribution in [3.8, 4) is 5.75 Å². The van der Waals surface area contributed by atoms with Crippen molar-refractivity contribution in [2.45, 2.75) is 12.6 Å². The molecule has 0 saturated carbocycles. The molecular weight excluding hydrogens is 349 g/mol. The van der Waals surface area contributed by atoms with Crippen molar-refractivity contribution in [3.63, 3.8) is 0 Å². The molecule has 26 heavy (non-hydrogen) atoms. The van der Waals surface area contributed by atoms with Gasteiger partial charge < -0.3 is 15.4 Å². The van der Waals surface area contributed by atoms with Crippen molar-refractivity contribution in [1.29, 1.82) is 0 Å². The highest BCUT2D eigenvalue weighted by atomic mass is 19.4. The average molecular weight is 366 g/mol. The third-order valence-corrected chi connectivity index (χ3v) is 3.55. The Hall–Kier alpha value is -3.03. The normalized spacial score (nSPS) is 10.9. The summed E-state index contributed by atoms with van der Waals surface area (Å²) in [5, 5.41) is 4.37.